The molecule has 1 aromatic rings. The first-order valence-electron chi connectivity index (χ1n) is 9.62. The Labute approximate surface area is 154 Å². The van der Waals surface area contributed by atoms with Gasteiger partial charge in [-0.2, -0.15) is 0 Å². The van der Waals surface area contributed by atoms with Gasteiger partial charge in [-0.25, -0.2) is 0 Å². The predicted octanol–water partition coefficient (Wildman–Crippen LogP) is 2.51. The number of amides is 1. The van der Waals surface area contributed by atoms with Crippen molar-refractivity contribution in [3.05, 3.63) is 34.4 Å². The zero-order valence-corrected chi connectivity index (χ0v) is 15.5. The SMILES string of the molecule is CCCN1CCCCC1C(=O)N1CCN(c2cccc([N+](=O)[O-])c2)CC1. The zero-order valence-electron chi connectivity index (χ0n) is 15.5. The molecule has 0 bridgehead atoms. The number of anilines is 1. The summed E-state index contributed by atoms with van der Waals surface area (Å²) in [5.41, 5.74) is 0.968. The maximum absolute atomic E-state index is 13.0. The molecule has 2 saturated heterocycles. The van der Waals surface area contributed by atoms with Crippen LogP contribution in [-0.2, 0) is 4.79 Å². The number of benzene rings is 1. The molecular formula is C19H28N4O3. The molecule has 0 aliphatic carbocycles. The van der Waals surface area contributed by atoms with E-state index in [4.69, 9.17) is 0 Å². The Hall–Kier alpha value is -2.15. The van der Waals surface area contributed by atoms with Gasteiger partial charge in [0.05, 0.1) is 11.0 Å². The van der Waals surface area contributed by atoms with E-state index >= 15 is 0 Å². The lowest BCUT2D eigenvalue weighted by Gasteiger charge is -2.41. The lowest BCUT2D eigenvalue weighted by Crippen LogP contribution is -2.56. The summed E-state index contributed by atoms with van der Waals surface area (Å²) in [6, 6.07) is 6.77. The Bertz CT molecular complexity index is 641. The highest BCUT2D eigenvalue weighted by atomic mass is 16.6. The van der Waals surface area contributed by atoms with Gasteiger partial charge in [0.2, 0.25) is 5.91 Å². The van der Waals surface area contributed by atoms with E-state index < -0.39 is 0 Å². The summed E-state index contributed by atoms with van der Waals surface area (Å²) in [5, 5.41) is 11.0. The normalized spacial score (nSPS) is 21.7. The van der Waals surface area contributed by atoms with E-state index in [-0.39, 0.29) is 22.6 Å². The van der Waals surface area contributed by atoms with Crippen molar-refractivity contribution < 1.29 is 9.72 Å². The number of carbonyl (C=O) groups is 1. The van der Waals surface area contributed by atoms with Crippen molar-refractivity contribution in [3.63, 3.8) is 0 Å². The van der Waals surface area contributed by atoms with E-state index in [0.29, 0.717) is 26.2 Å². The van der Waals surface area contributed by atoms with Crippen molar-refractivity contribution in [1.29, 1.82) is 0 Å². The van der Waals surface area contributed by atoms with Gasteiger partial charge in [0.25, 0.3) is 5.69 Å². The van der Waals surface area contributed by atoms with E-state index in [1.165, 1.54) is 12.5 Å². The largest absolute Gasteiger partial charge is 0.368 e. The van der Waals surface area contributed by atoms with Crippen LogP contribution in [0.4, 0.5) is 11.4 Å². The Morgan fingerprint density at radius 2 is 1.96 bits per heavy atom. The number of piperazine rings is 1. The molecule has 0 radical (unpaired) electrons. The molecule has 2 fully saturated rings. The lowest BCUT2D eigenvalue weighted by atomic mass is 10.00. The van der Waals surface area contributed by atoms with Gasteiger partial charge in [-0.3, -0.25) is 19.8 Å². The van der Waals surface area contributed by atoms with Gasteiger partial charge in [-0.05, 0) is 38.4 Å². The van der Waals surface area contributed by atoms with E-state index in [9.17, 15) is 14.9 Å². The van der Waals surface area contributed by atoms with E-state index in [1.54, 1.807) is 12.1 Å². The molecule has 26 heavy (non-hydrogen) atoms. The summed E-state index contributed by atoms with van der Waals surface area (Å²) >= 11 is 0. The summed E-state index contributed by atoms with van der Waals surface area (Å²) in [5.74, 6) is 0.261. The van der Waals surface area contributed by atoms with Crippen LogP contribution < -0.4 is 4.90 Å². The fourth-order valence-electron chi connectivity index (χ4n) is 4.02. The number of carbonyl (C=O) groups excluding carboxylic acids is 1. The van der Waals surface area contributed by atoms with E-state index in [2.05, 4.69) is 16.7 Å². The first-order chi connectivity index (χ1) is 12.6. The monoisotopic (exact) mass is 360 g/mol. The average Bonchev–Trinajstić information content (AvgIpc) is 2.68. The molecule has 1 aromatic carbocycles. The van der Waals surface area contributed by atoms with Gasteiger partial charge in [-0.15, -0.1) is 0 Å². The number of nitrogens with zero attached hydrogens (tertiary/aromatic N) is 4. The highest BCUT2D eigenvalue weighted by molar-refractivity contribution is 5.82. The summed E-state index contributed by atoms with van der Waals surface area (Å²) < 4.78 is 0. The third-order valence-electron chi connectivity index (χ3n) is 5.41. The number of rotatable bonds is 5. The number of likely N-dealkylation sites (tertiary alicyclic amines) is 1. The van der Waals surface area contributed by atoms with Crippen LogP contribution in [0.1, 0.15) is 32.6 Å². The number of nitro groups is 1. The molecule has 0 saturated carbocycles. The predicted molar refractivity (Wildman–Crippen MR) is 101 cm³/mol. The first-order valence-corrected chi connectivity index (χ1v) is 9.62. The second kappa shape index (κ2) is 8.49. The molecule has 1 amide bonds. The van der Waals surface area contributed by atoms with Gasteiger partial charge >= 0.3 is 0 Å². The molecule has 2 heterocycles. The van der Waals surface area contributed by atoms with Crippen LogP contribution >= 0.6 is 0 Å². The van der Waals surface area contributed by atoms with Crippen molar-refractivity contribution in [1.82, 2.24) is 9.80 Å². The van der Waals surface area contributed by atoms with E-state index in [1.807, 2.05) is 11.0 Å². The Morgan fingerprint density at radius 1 is 1.19 bits per heavy atom. The summed E-state index contributed by atoms with van der Waals surface area (Å²) in [6.45, 7) is 6.96. The Balaban J connectivity index is 1.60. The van der Waals surface area contributed by atoms with E-state index in [0.717, 1.165) is 38.0 Å². The minimum atomic E-state index is -0.366. The molecule has 2 aliphatic heterocycles. The molecule has 1 atom stereocenters. The summed E-state index contributed by atoms with van der Waals surface area (Å²) in [6.07, 6.45) is 4.35. The third kappa shape index (κ3) is 4.15. The molecule has 2 aliphatic rings. The minimum Gasteiger partial charge on any atom is -0.368 e. The van der Waals surface area contributed by atoms with Crippen LogP contribution in [0.5, 0.6) is 0 Å². The maximum atomic E-state index is 13.0. The Kier molecular flexibility index (Phi) is 6.08. The average molecular weight is 360 g/mol. The molecule has 0 aromatic heterocycles. The smallest absolute Gasteiger partial charge is 0.271 e. The number of non-ortho nitro benzene ring substituents is 1. The van der Waals surface area contributed by atoms with Gasteiger partial charge < -0.3 is 9.80 Å². The second-order valence-corrected chi connectivity index (χ2v) is 7.14. The highest BCUT2D eigenvalue weighted by Crippen LogP contribution is 2.24. The number of hydrogen-bond acceptors (Lipinski definition) is 5. The maximum Gasteiger partial charge on any atom is 0.271 e. The van der Waals surface area contributed by atoms with Gasteiger partial charge in [-0.1, -0.05) is 19.4 Å². The number of nitro benzene ring substituents is 1. The van der Waals surface area contributed by atoms with Crippen LogP contribution in [0.15, 0.2) is 24.3 Å². The molecular weight excluding hydrogens is 332 g/mol. The summed E-state index contributed by atoms with van der Waals surface area (Å²) in [7, 11) is 0. The molecule has 1 unspecified atom stereocenters. The molecule has 7 nitrogen and oxygen atoms in total. The summed E-state index contributed by atoms with van der Waals surface area (Å²) in [4.78, 5) is 30.1. The van der Waals surface area contributed by atoms with Gasteiger partial charge in [0, 0.05) is 44.0 Å². The quantitative estimate of drug-likeness (QED) is 0.596. The molecule has 0 spiro atoms. The standard InChI is InChI=1S/C19H28N4O3/c1-2-9-21-10-4-3-8-18(21)19(24)22-13-11-20(12-14-22)16-6-5-7-17(15-16)23(25)26/h5-7,15,18H,2-4,8-14H2,1H3. The van der Waals surface area contributed by atoms with Crippen molar-refractivity contribution >= 4 is 17.3 Å². The molecule has 7 heteroatoms. The molecule has 0 N–H and O–H groups in total. The second-order valence-electron chi connectivity index (χ2n) is 7.14. The van der Waals surface area contributed by atoms with Gasteiger partial charge in [0.15, 0.2) is 0 Å². The van der Waals surface area contributed by atoms with Gasteiger partial charge in [0.1, 0.15) is 0 Å². The molecule has 142 valence electrons. The van der Waals surface area contributed by atoms with Crippen LogP contribution in [0.25, 0.3) is 0 Å². The fraction of sp³-hybridized carbons (Fsp3) is 0.632. The van der Waals surface area contributed by atoms with Crippen LogP contribution in [0, 0.1) is 10.1 Å². The molecule has 3 rings (SSSR count). The lowest BCUT2D eigenvalue weighted by molar-refractivity contribution is -0.384. The topological polar surface area (TPSA) is 69.9 Å². The number of hydrogen-bond donors (Lipinski definition) is 0. The van der Waals surface area contributed by atoms with Crippen LogP contribution in [0.3, 0.4) is 0 Å². The van der Waals surface area contributed by atoms with Crippen LogP contribution in [0.2, 0.25) is 0 Å². The van der Waals surface area contributed by atoms with Crippen molar-refractivity contribution in [2.45, 2.75) is 38.6 Å². The minimum absolute atomic E-state index is 0.0352. The van der Waals surface area contributed by atoms with Crippen LogP contribution in [-0.4, -0.2) is 65.9 Å². The van der Waals surface area contributed by atoms with Crippen molar-refractivity contribution in [2.24, 2.45) is 0 Å². The number of piperidine rings is 1. The zero-order chi connectivity index (χ0) is 18.5. The van der Waals surface area contributed by atoms with Crippen molar-refractivity contribution in [3.8, 4) is 0 Å². The first kappa shape index (κ1) is 18.6. The fourth-order valence-corrected chi connectivity index (χ4v) is 4.02. The Morgan fingerprint density at radius 3 is 2.65 bits per heavy atom. The third-order valence-corrected chi connectivity index (χ3v) is 5.41. The van der Waals surface area contributed by atoms with Crippen molar-refractivity contribution in [2.75, 3.05) is 44.2 Å². The highest BCUT2D eigenvalue weighted by Gasteiger charge is 2.32.